The zero-order valence-electron chi connectivity index (χ0n) is 8.21. The molecule has 0 unspecified atom stereocenters. The molecule has 0 spiro atoms. The van der Waals surface area contributed by atoms with Crippen molar-refractivity contribution in [3.63, 3.8) is 0 Å². The average molecular weight is 233 g/mol. The van der Waals surface area contributed by atoms with Gasteiger partial charge in [0.25, 0.3) is 0 Å². The van der Waals surface area contributed by atoms with Crippen molar-refractivity contribution in [2.45, 2.75) is 6.42 Å². The summed E-state index contributed by atoms with van der Waals surface area (Å²) in [6.07, 6.45) is 1.07. The van der Waals surface area contributed by atoms with Gasteiger partial charge in [0.15, 0.2) is 5.11 Å². The highest BCUT2D eigenvalue weighted by Crippen LogP contribution is 2.13. The normalized spacial score (nSPS) is 18.5. The second-order valence-electron chi connectivity index (χ2n) is 2.84. The SMILES string of the molecule is COCCNC(=S)N/N=C1\CCSC1. The zero-order chi connectivity index (χ0) is 10.2. The lowest BCUT2D eigenvalue weighted by molar-refractivity contribution is 0.204. The number of thioether (sulfide) groups is 1. The first-order valence-corrected chi connectivity index (χ1v) is 6.05. The minimum Gasteiger partial charge on any atom is -0.383 e. The quantitative estimate of drug-likeness (QED) is 0.423. The highest BCUT2D eigenvalue weighted by molar-refractivity contribution is 8.00. The maximum absolute atomic E-state index is 5.01. The summed E-state index contributed by atoms with van der Waals surface area (Å²) < 4.78 is 4.88. The van der Waals surface area contributed by atoms with Gasteiger partial charge in [-0.2, -0.15) is 16.9 Å². The van der Waals surface area contributed by atoms with Crippen LogP contribution in [0, 0.1) is 0 Å². The molecule has 6 heteroatoms. The maximum atomic E-state index is 5.01. The van der Waals surface area contributed by atoms with E-state index in [2.05, 4.69) is 15.8 Å². The summed E-state index contributed by atoms with van der Waals surface area (Å²) in [5.41, 5.74) is 4.01. The minimum absolute atomic E-state index is 0.562. The van der Waals surface area contributed by atoms with Gasteiger partial charge in [-0.05, 0) is 24.4 Å². The lowest BCUT2D eigenvalue weighted by atomic mass is 10.3. The van der Waals surface area contributed by atoms with Crippen molar-refractivity contribution in [3.8, 4) is 0 Å². The number of hydrogen-bond acceptors (Lipinski definition) is 4. The molecule has 4 nitrogen and oxygen atoms in total. The molecule has 0 radical (unpaired) electrons. The summed E-state index contributed by atoms with van der Waals surface area (Å²) >= 11 is 6.91. The fourth-order valence-electron chi connectivity index (χ4n) is 0.976. The Bertz CT molecular complexity index is 213. The van der Waals surface area contributed by atoms with Crippen LogP contribution in [-0.2, 0) is 4.74 Å². The summed E-state index contributed by atoms with van der Waals surface area (Å²) in [7, 11) is 1.66. The molecule has 1 aliphatic rings. The summed E-state index contributed by atoms with van der Waals surface area (Å²) in [4.78, 5) is 0. The van der Waals surface area contributed by atoms with Crippen LogP contribution in [0.1, 0.15) is 6.42 Å². The number of ether oxygens (including phenoxy) is 1. The number of nitrogens with zero attached hydrogens (tertiary/aromatic N) is 1. The molecule has 0 amide bonds. The molecule has 1 saturated heterocycles. The Morgan fingerprint density at radius 2 is 2.57 bits per heavy atom. The molecule has 1 heterocycles. The van der Waals surface area contributed by atoms with Gasteiger partial charge in [0.1, 0.15) is 0 Å². The number of methoxy groups -OCH3 is 1. The van der Waals surface area contributed by atoms with Gasteiger partial charge >= 0.3 is 0 Å². The van der Waals surface area contributed by atoms with Crippen LogP contribution in [0.3, 0.4) is 0 Å². The summed E-state index contributed by atoms with van der Waals surface area (Å²) in [6.45, 7) is 1.36. The Kier molecular flexibility index (Phi) is 5.89. The first-order valence-electron chi connectivity index (χ1n) is 4.49. The van der Waals surface area contributed by atoms with E-state index in [9.17, 15) is 0 Å². The lowest BCUT2D eigenvalue weighted by Crippen LogP contribution is -2.34. The van der Waals surface area contributed by atoms with E-state index in [0.717, 1.165) is 12.2 Å². The second-order valence-corrected chi connectivity index (χ2v) is 4.35. The molecule has 0 saturated carbocycles. The van der Waals surface area contributed by atoms with Gasteiger partial charge in [-0.15, -0.1) is 0 Å². The molecule has 0 aromatic carbocycles. The van der Waals surface area contributed by atoms with E-state index < -0.39 is 0 Å². The first kappa shape index (κ1) is 11.7. The van der Waals surface area contributed by atoms with Gasteiger partial charge in [0.05, 0.1) is 6.61 Å². The van der Waals surface area contributed by atoms with E-state index in [4.69, 9.17) is 17.0 Å². The monoisotopic (exact) mass is 233 g/mol. The molecule has 1 rings (SSSR count). The van der Waals surface area contributed by atoms with E-state index >= 15 is 0 Å². The molecule has 0 atom stereocenters. The fraction of sp³-hybridized carbons (Fsp3) is 0.750. The predicted molar refractivity (Wildman–Crippen MR) is 65.0 cm³/mol. The highest BCUT2D eigenvalue weighted by atomic mass is 32.2. The number of thiocarbonyl (C=S) groups is 1. The van der Waals surface area contributed by atoms with E-state index in [0.29, 0.717) is 18.3 Å². The van der Waals surface area contributed by atoms with Gasteiger partial charge in [0.2, 0.25) is 0 Å². The van der Waals surface area contributed by atoms with Gasteiger partial charge in [-0.1, -0.05) is 0 Å². The van der Waals surface area contributed by atoms with Gasteiger partial charge in [-0.25, -0.2) is 0 Å². The third kappa shape index (κ3) is 4.78. The third-order valence-electron chi connectivity index (χ3n) is 1.71. The first-order chi connectivity index (χ1) is 6.83. The molecular formula is C8H15N3OS2. The average Bonchev–Trinajstić information content (AvgIpc) is 2.68. The molecule has 1 aliphatic heterocycles. The Labute approximate surface area is 93.8 Å². The minimum atomic E-state index is 0.562. The van der Waals surface area contributed by atoms with Crippen molar-refractivity contribution in [2.75, 3.05) is 31.8 Å². The number of hydrogen-bond donors (Lipinski definition) is 2. The molecule has 80 valence electrons. The largest absolute Gasteiger partial charge is 0.383 e. The van der Waals surface area contributed by atoms with Crippen molar-refractivity contribution in [3.05, 3.63) is 0 Å². The molecule has 0 aromatic rings. The van der Waals surface area contributed by atoms with E-state index in [1.807, 2.05) is 11.8 Å². The second kappa shape index (κ2) is 7.03. The van der Waals surface area contributed by atoms with Crippen molar-refractivity contribution < 1.29 is 4.74 Å². The molecule has 0 aliphatic carbocycles. The predicted octanol–water partition coefficient (Wildman–Crippen LogP) is 0.590. The van der Waals surface area contributed by atoms with Crippen LogP contribution in [0.15, 0.2) is 5.10 Å². The molecule has 14 heavy (non-hydrogen) atoms. The standard InChI is InChI=1S/C8H15N3OS2/c1-12-4-3-9-8(13)11-10-7-2-5-14-6-7/h2-6H2,1H3,(H2,9,11,13)/b10-7+. The molecular weight excluding hydrogens is 218 g/mol. The van der Waals surface area contributed by atoms with Crippen molar-refractivity contribution in [2.24, 2.45) is 5.10 Å². The van der Waals surface area contributed by atoms with Crippen LogP contribution in [0.4, 0.5) is 0 Å². The summed E-state index contributed by atoms with van der Waals surface area (Å²) in [5.74, 6) is 2.19. The summed E-state index contributed by atoms with van der Waals surface area (Å²) in [5, 5.41) is 7.75. The third-order valence-corrected chi connectivity index (χ3v) is 2.98. The molecule has 0 aromatic heterocycles. The molecule has 1 fully saturated rings. The van der Waals surface area contributed by atoms with Crippen molar-refractivity contribution in [1.29, 1.82) is 0 Å². The summed E-state index contributed by atoms with van der Waals surface area (Å²) in [6, 6.07) is 0. The van der Waals surface area contributed by atoms with Crippen LogP contribution in [0.2, 0.25) is 0 Å². The van der Waals surface area contributed by atoms with E-state index in [1.165, 1.54) is 11.5 Å². The van der Waals surface area contributed by atoms with Crippen LogP contribution in [-0.4, -0.2) is 42.6 Å². The number of hydrazone groups is 1. The number of nitrogens with one attached hydrogen (secondary N) is 2. The smallest absolute Gasteiger partial charge is 0.187 e. The van der Waals surface area contributed by atoms with Gasteiger partial charge in [-0.3, -0.25) is 5.43 Å². The van der Waals surface area contributed by atoms with Gasteiger partial charge in [0, 0.05) is 25.1 Å². The Hall–Kier alpha value is -0.330. The van der Waals surface area contributed by atoms with Crippen molar-refractivity contribution >= 4 is 34.8 Å². The van der Waals surface area contributed by atoms with Crippen LogP contribution in [0.5, 0.6) is 0 Å². The van der Waals surface area contributed by atoms with Gasteiger partial charge < -0.3 is 10.1 Å². The van der Waals surface area contributed by atoms with E-state index in [1.54, 1.807) is 7.11 Å². The Morgan fingerprint density at radius 3 is 3.21 bits per heavy atom. The lowest BCUT2D eigenvalue weighted by Gasteiger charge is -2.06. The van der Waals surface area contributed by atoms with Crippen molar-refractivity contribution in [1.82, 2.24) is 10.7 Å². The Balaban J connectivity index is 2.10. The Morgan fingerprint density at radius 1 is 1.71 bits per heavy atom. The zero-order valence-corrected chi connectivity index (χ0v) is 9.84. The van der Waals surface area contributed by atoms with Crippen LogP contribution < -0.4 is 10.7 Å². The topological polar surface area (TPSA) is 45.6 Å². The maximum Gasteiger partial charge on any atom is 0.187 e. The molecule has 2 N–H and O–H groups in total. The van der Waals surface area contributed by atoms with Crippen LogP contribution in [0.25, 0.3) is 0 Å². The molecule has 0 bridgehead atoms. The fourth-order valence-corrected chi connectivity index (χ4v) is 2.09. The van der Waals surface area contributed by atoms with Crippen LogP contribution >= 0.6 is 24.0 Å². The highest BCUT2D eigenvalue weighted by Gasteiger charge is 2.08. The van der Waals surface area contributed by atoms with E-state index in [-0.39, 0.29) is 0 Å². The number of rotatable bonds is 4.